The fourth-order valence-corrected chi connectivity index (χ4v) is 1.74. The van der Waals surface area contributed by atoms with Crippen LogP contribution >= 0.6 is 0 Å². The molecule has 1 heterocycles. The molecule has 3 atom stereocenters. The molecule has 1 fully saturated rings. The Hall–Kier alpha value is -0.680. The average molecular weight is 228 g/mol. The van der Waals surface area contributed by atoms with Gasteiger partial charge in [0.25, 0.3) is 0 Å². The van der Waals surface area contributed by atoms with Crippen LogP contribution in [0.3, 0.4) is 0 Å². The maximum atomic E-state index is 9.73. The molecule has 4 nitrogen and oxygen atoms in total. The Morgan fingerprint density at radius 2 is 2.12 bits per heavy atom. The molecule has 1 rings (SSSR count). The predicted molar refractivity (Wildman–Crippen MR) is 60.9 cm³/mol. The third kappa shape index (κ3) is 3.15. The molecule has 0 spiro atoms. The highest BCUT2D eigenvalue weighted by Gasteiger charge is 2.40. The summed E-state index contributed by atoms with van der Waals surface area (Å²) < 4.78 is 11.2. The van der Waals surface area contributed by atoms with E-state index in [-0.39, 0.29) is 18.8 Å². The van der Waals surface area contributed by atoms with Crippen LogP contribution in [0.2, 0.25) is 0 Å². The molecule has 16 heavy (non-hydrogen) atoms. The maximum absolute atomic E-state index is 9.73. The Morgan fingerprint density at radius 1 is 1.50 bits per heavy atom. The lowest BCUT2D eigenvalue weighted by Gasteiger charge is -2.19. The molecular formula is C12H20O4. The standard InChI is InChI=1S/C12H20O4/c1-5-10-11(16-12(3,4)15-10)6-9(14)8(2)7-13/h5,9-11,13-14H,1-2,6-7H2,3-4H3/t9?,10-,11+/m1/s1. The van der Waals surface area contributed by atoms with E-state index in [1.54, 1.807) is 6.08 Å². The van der Waals surface area contributed by atoms with Crippen LogP contribution in [-0.4, -0.2) is 40.9 Å². The topological polar surface area (TPSA) is 58.9 Å². The molecule has 0 radical (unpaired) electrons. The Balaban J connectivity index is 2.59. The largest absolute Gasteiger partial charge is 0.392 e. The highest BCUT2D eigenvalue weighted by Crippen LogP contribution is 2.31. The Morgan fingerprint density at radius 3 is 2.62 bits per heavy atom. The van der Waals surface area contributed by atoms with Crippen LogP contribution in [-0.2, 0) is 9.47 Å². The van der Waals surface area contributed by atoms with Gasteiger partial charge >= 0.3 is 0 Å². The zero-order valence-corrected chi connectivity index (χ0v) is 9.85. The Kier molecular flexibility index (Phi) is 4.27. The van der Waals surface area contributed by atoms with Gasteiger partial charge in [-0.15, -0.1) is 6.58 Å². The third-order valence-electron chi connectivity index (χ3n) is 2.58. The fraction of sp³-hybridized carbons (Fsp3) is 0.667. The van der Waals surface area contributed by atoms with E-state index in [1.807, 2.05) is 13.8 Å². The van der Waals surface area contributed by atoms with Gasteiger partial charge in [0.05, 0.1) is 18.8 Å². The number of ether oxygens (including phenoxy) is 2. The van der Waals surface area contributed by atoms with Crippen LogP contribution in [0.25, 0.3) is 0 Å². The summed E-state index contributed by atoms with van der Waals surface area (Å²) in [7, 11) is 0. The number of aliphatic hydroxyl groups is 2. The van der Waals surface area contributed by atoms with Gasteiger partial charge in [0.15, 0.2) is 5.79 Å². The second-order valence-corrected chi connectivity index (χ2v) is 4.44. The van der Waals surface area contributed by atoms with Crippen molar-refractivity contribution in [1.29, 1.82) is 0 Å². The lowest BCUT2D eigenvalue weighted by atomic mass is 10.0. The lowest BCUT2D eigenvalue weighted by Crippen LogP contribution is -2.28. The van der Waals surface area contributed by atoms with Gasteiger partial charge < -0.3 is 19.7 Å². The highest BCUT2D eigenvalue weighted by molar-refractivity contribution is 5.04. The maximum Gasteiger partial charge on any atom is 0.164 e. The SMILES string of the molecule is C=C[C@H]1OC(C)(C)O[C@H]1CC(O)C(=C)CO. The summed E-state index contributed by atoms with van der Waals surface area (Å²) in [6, 6.07) is 0. The molecule has 0 bridgehead atoms. The third-order valence-corrected chi connectivity index (χ3v) is 2.58. The fourth-order valence-electron chi connectivity index (χ4n) is 1.74. The first-order valence-corrected chi connectivity index (χ1v) is 5.34. The summed E-state index contributed by atoms with van der Waals surface area (Å²) in [4.78, 5) is 0. The van der Waals surface area contributed by atoms with Crippen molar-refractivity contribution in [3.63, 3.8) is 0 Å². The van der Waals surface area contributed by atoms with Crippen LogP contribution < -0.4 is 0 Å². The first-order chi connectivity index (χ1) is 7.39. The minimum atomic E-state index is -0.782. The molecule has 0 aromatic carbocycles. The molecule has 0 amide bonds. The molecule has 4 heteroatoms. The van der Waals surface area contributed by atoms with Crippen molar-refractivity contribution in [2.24, 2.45) is 0 Å². The van der Waals surface area contributed by atoms with Gasteiger partial charge in [-0.2, -0.15) is 0 Å². The number of rotatable bonds is 5. The normalized spacial score (nSPS) is 30.0. The number of hydrogen-bond donors (Lipinski definition) is 2. The second-order valence-electron chi connectivity index (χ2n) is 4.44. The van der Waals surface area contributed by atoms with Gasteiger partial charge in [-0.05, 0) is 19.4 Å². The van der Waals surface area contributed by atoms with Crippen molar-refractivity contribution < 1.29 is 19.7 Å². The van der Waals surface area contributed by atoms with Crippen molar-refractivity contribution in [3.05, 3.63) is 24.8 Å². The van der Waals surface area contributed by atoms with Gasteiger partial charge in [0.2, 0.25) is 0 Å². The molecule has 0 aliphatic carbocycles. The van der Waals surface area contributed by atoms with Gasteiger partial charge in [-0.25, -0.2) is 0 Å². The van der Waals surface area contributed by atoms with Crippen molar-refractivity contribution in [2.45, 2.75) is 44.4 Å². The van der Waals surface area contributed by atoms with E-state index in [0.29, 0.717) is 12.0 Å². The van der Waals surface area contributed by atoms with Gasteiger partial charge in [0.1, 0.15) is 6.10 Å². The lowest BCUT2D eigenvalue weighted by molar-refractivity contribution is -0.145. The van der Waals surface area contributed by atoms with E-state index in [0.717, 1.165) is 0 Å². The highest BCUT2D eigenvalue weighted by atomic mass is 16.7. The van der Waals surface area contributed by atoms with Crippen LogP contribution in [0.15, 0.2) is 24.8 Å². The van der Waals surface area contributed by atoms with Crippen LogP contribution in [0.1, 0.15) is 20.3 Å². The van der Waals surface area contributed by atoms with Gasteiger partial charge in [-0.1, -0.05) is 12.7 Å². The zero-order chi connectivity index (χ0) is 12.3. The predicted octanol–water partition coefficient (Wildman–Crippen LogP) is 0.992. The second kappa shape index (κ2) is 5.10. The van der Waals surface area contributed by atoms with Crippen molar-refractivity contribution >= 4 is 0 Å². The first-order valence-electron chi connectivity index (χ1n) is 5.34. The van der Waals surface area contributed by atoms with Crippen molar-refractivity contribution in [1.82, 2.24) is 0 Å². The summed E-state index contributed by atoms with van der Waals surface area (Å²) in [6.07, 6.45) is 0.727. The number of hydrogen-bond acceptors (Lipinski definition) is 4. The monoisotopic (exact) mass is 228 g/mol. The van der Waals surface area contributed by atoms with E-state index in [4.69, 9.17) is 14.6 Å². The molecule has 92 valence electrons. The number of aliphatic hydroxyl groups excluding tert-OH is 2. The van der Waals surface area contributed by atoms with E-state index in [9.17, 15) is 5.11 Å². The van der Waals surface area contributed by atoms with E-state index >= 15 is 0 Å². The summed E-state index contributed by atoms with van der Waals surface area (Å²) >= 11 is 0. The molecule has 0 saturated carbocycles. The smallest absolute Gasteiger partial charge is 0.164 e. The van der Waals surface area contributed by atoms with Crippen molar-refractivity contribution in [2.75, 3.05) is 6.61 Å². The average Bonchev–Trinajstić information content (AvgIpc) is 2.51. The molecule has 2 N–H and O–H groups in total. The van der Waals surface area contributed by atoms with Crippen LogP contribution in [0.5, 0.6) is 0 Å². The molecular weight excluding hydrogens is 208 g/mol. The Bertz CT molecular complexity index is 272. The van der Waals surface area contributed by atoms with Gasteiger partial charge in [0, 0.05) is 6.42 Å². The molecule has 0 aromatic heterocycles. The summed E-state index contributed by atoms with van der Waals surface area (Å²) in [5.41, 5.74) is 0.385. The zero-order valence-electron chi connectivity index (χ0n) is 9.85. The summed E-state index contributed by atoms with van der Waals surface area (Å²) in [6.45, 7) is 10.7. The first kappa shape index (κ1) is 13.4. The summed E-state index contributed by atoms with van der Waals surface area (Å²) in [5.74, 6) is -0.663. The van der Waals surface area contributed by atoms with Crippen molar-refractivity contribution in [3.8, 4) is 0 Å². The van der Waals surface area contributed by atoms with E-state index in [1.165, 1.54) is 0 Å². The quantitative estimate of drug-likeness (QED) is 0.689. The minimum Gasteiger partial charge on any atom is -0.392 e. The summed E-state index contributed by atoms with van der Waals surface area (Å²) in [5, 5.41) is 18.6. The molecule has 1 aliphatic heterocycles. The van der Waals surface area contributed by atoms with E-state index < -0.39 is 11.9 Å². The molecule has 1 saturated heterocycles. The minimum absolute atomic E-state index is 0.225. The van der Waals surface area contributed by atoms with E-state index in [2.05, 4.69) is 13.2 Å². The molecule has 0 aromatic rings. The van der Waals surface area contributed by atoms with Crippen LogP contribution in [0, 0.1) is 0 Å². The van der Waals surface area contributed by atoms with Gasteiger partial charge in [-0.3, -0.25) is 0 Å². The van der Waals surface area contributed by atoms with Crippen LogP contribution in [0.4, 0.5) is 0 Å². The molecule has 1 unspecified atom stereocenters. The molecule has 1 aliphatic rings. The Labute approximate surface area is 96.2 Å².